The molecule has 0 atom stereocenters. The van der Waals surface area contributed by atoms with Crippen LogP contribution in [0.2, 0.25) is 0 Å². The Kier molecular flexibility index (Phi) is 6.11. The topological polar surface area (TPSA) is 136 Å². The Morgan fingerprint density at radius 1 is 1.23 bits per heavy atom. The number of ether oxygens (including phenoxy) is 2. The number of hydrogen-bond donors (Lipinski definition) is 3. The monoisotopic (exact) mass is 310 g/mol. The molecular weight excluding hydrogens is 292 g/mol. The molecule has 0 unspecified atom stereocenters. The second kappa shape index (κ2) is 7.81. The van der Waals surface area contributed by atoms with Crippen molar-refractivity contribution in [3.05, 3.63) is 22.5 Å². The van der Waals surface area contributed by atoms with E-state index in [-0.39, 0.29) is 30.2 Å². The largest absolute Gasteiger partial charge is 0.462 e. The van der Waals surface area contributed by atoms with E-state index in [0.29, 0.717) is 5.56 Å². The van der Waals surface area contributed by atoms with Crippen LogP contribution in [-0.2, 0) is 9.47 Å². The number of rotatable bonds is 6. The van der Waals surface area contributed by atoms with Crippen molar-refractivity contribution in [3.63, 3.8) is 0 Å². The molecular formula is C13H18N4O5. The Bertz CT molecular complexity index is 606. The van der Waals surface area contributed by atoms with E-state index in [1.807, 2.05) is 5.43 Å². The van der Waals surface area contributed by atoms with Gasteiger partial charge in [0.2, 0.25) is 0 Å². The van der Waals surface area contributed by atoms with Crippen LogP contribution in [0.25, 0.3) is 0 Å². The molecule has 0 saturated heterocycles. The Morgan fingerprint density at radius 2 is 1.82 bits per heavy atom. The highest BCUT2D eigenvalue weighted by molar-refractivity contribution is 6.04. The summed E-state index contributed by atoms with van der Waals surface area (Å²) in [6, 6.07) is -0.858. The Hall–Kier alpha value is -2.84. The van der Waals surface area contributed by atoms with Gasteiger partial charge in [0.05, 0.1) is 30.7 Å². The number of H-pyrrole nitrogens is 1. The van der Waals surface area contributed by atoms with Gasteiger partial charge in [0.15, 0.2) is 0 Å². The van der Waals surface area contributed by atoms with Gasteiger partial charge in [-0.25, -0.2) is 19.8 Å². The van der Waals surface area contributed by atoms with Gasteiger partial charge in [-0.2, -0.15) is 5.10 Å². The maximum atomic E-state index is 12.0. The van der Waals surface area contributed by atoms with Crippen LogP contribution in [0, 0.1) is 6.92 Å². The van der Waals surface area contributed by atoms with Crippen LogP contribution in [0.4, 0.5) is 4.79 Å². The number of aromatic nitrogens is 1. The molecule has 2 amide bonds. The highest BCUT2D eigenvalue weighted by Gasteiger charge is 2.24. The standard InChI is InChI=1S/C13H18N4O5/c1-4-21-11(18)9-7(3)10(12(19)22-5-2)16-8(9)6-15-17-13(14)20/h6,16H,4-5H2,1-3H3,(H3,14,17,20)/b15-6+. The van der Waals surface area contributed by atoms with E-state index in [0.717, 1.165) is 6.21 Å². The summed E-state index contributed by atoms with van der Waals surface area (Å²) in [7, 11) is 0. The van der Waals surface area contributed by atoms with Gasteiger partial charge < -0.3 is 20.2 Å². The molecule has 1 aromatic rings. The van der Waals surface area contributed by atoms with E-state index in [1.165, 1.54) is 0 Å². The maximum Gasteiger partial charge on any atom is 0.355 e. The lowest BCUT2D eigenvalue weighted by atomic mass is 10.1. The molecule has 1 rings (SSSR count). The number of nitrogens with two attached hydrogens (primary N) is 1. The van der Waals surface area contributed by atoms with Crippen LogP contribution in [0.1, 0.15) is 46.0 Å². The molecule has 0 aliphatic rings. The normalized spacial score (nSPS) is 10.5. The molecule has 0 aliphatic carbocycles. The Labute approximate surface area is 126 Å². The minimum atomic E-state index is -0.858. The predicted molar refractivity (Wildman–Crippen MR) is 77.8 cm³/mol. The summed E-state index contributed by atoms with van der Waals surface area (Å²) in [5, 5.41) is 3.56. The molecule has 0 radical (unpaired) electrons. The van der Waals surface area contributed by atoms with Crippen molar-refractivity contribution in [1.29, 1.82) is 0 Å². The quantitative estimate of drug-likeness (QED) is 0.403. The van der Waals surface area contributed by atoms with Crippen LogP contribution in [-0.4, -0.2) is 42.4 Å². The molecule has 1 heterocycles. The zero-order valence-corrected chi connectivity index (χ0v) is 12.6. The zero-order valence-electron chi connectivity index (χ0n) is 12.6. The fourth-order valence-corrected chi connectivity index (χ4v) is 1.75. The van der Waals surface area contributed by atoms with Crippen LogP contribution in [0.3, 0.4) is 0 Å². The molecule has 0 spiro atoms. The van der Waals surface area contributed by atoms with Gasteiger partial charge >= 0.3 is 18.0 Å². The molecule has 9 nitrogen and oxygen atoms in total. The van der Waals surface area contributed by atoms with Gasteiger partial charge in [-0.05, 0) is 26.3 Å². The molecule has 0 saturated carbocycles. The summed E-state index contributed by atoms with van der Waals surface area (Å²) in [5.74, 6) is -1.22. The maximum absolute atomic E-state index is 12.0. The summed E-state index contributed by atoms with van der Waals surface area (Å²) in [6.45, 7) is 5.27. The van der Waals surface area contributed by atoms with Gasteiger partial charge in [0.1, 0.15) is 5.69 Å². The van der Waals surface area contributed by atoms with Crippen LogP contribution < -0.4 is 11.2 Å². The number of hydrogen-bond acceptors (Lipinski definition) is 6. The first kappa shape index (κ1) is 17.2. The van der Waals surface area contributed by atoms with E-state index < -0.39 is 18.0 Å². The number of nitrogens with one attached hydrogen (secondary N) is 2. The summed E-state index contributed by atoms with van der Waals surface area (Å²) in [6.07, 6.45) is 1.16. The second-order valence-electron chi connectivity index (χ2n) is 4.09. The molecule has 0 aromatic carbocycles. The van der Waals surface area contributed by atoms with Crippen molar-refractivity contribution in [3.8, 4) is 0 Å². The number of nitrogens with zero attached hydrogens (tertiary/aromatic N) is 1. The molecule has 4 N–H and O–H groups in total. The third-order valence-electron chi connectivity index (χ3n) is 2.61. The van der Waals surface area contributed by atoms with E-state index in [9.17, 15) is 14.4 Å². The highest BCUT2D eigenvalue weighted by Crippen LogP contribution is 2.19. The lowest BCUT2D eigenvalue weighted by molar-refractivity contribution is 0.0518. The predicted octanol–water partition coefficient (Wildman–Crippen LogP) is 0.679. The van der Waals surface area contributed by atoms with Crippen molar-refractivity contribution in [2.45, 2.75) is 20.8 Å². The lowest BCUT2D eigenvalue weighted by Crippen LogP contribution is -2.24. The smallest absolute Gasteiger partial charge is 0.355 e. The van der Waals surface area contributed by atoms with Gasteiger partial charge in [-0.1, -0.05) is 0 Å². The first-order chi connectivity index (χ1) is 10.4. The summed E-state index contributed by atoms with van der Waals surface area (Å²) >= 11 is 0. The molecule has 22 heavy (non-hydrogen) atoms. The molecule has 0 bridgehead atoms. The Balaban J connectivity index is 3.24. The van der Waals surface area contributed by atoms with Crippen LogP contribution >= 0.6 is 0 Å². The molecule has 120 valence electrons. The number of aromatic amines is 1. The molecule has 1 aromatic heterocycles. The first-order valence-corrected chi connectivity index (χ1v) is 6.57. The van der Waals surface area contributed by atoms with E-state index in [1.54, 1.807) is 20.8 Å². The third-order valence-corrected chi connectivity index (χ3v) is 2.61. The first-order valence-electron chi connectivity index (χ1n) is 6.57. The minimum Gasteiger partial charge on any atom is -0.462 e. The highest BCUT2D eigenvalue weighted by atomic mass is 16.5. The lowest BCUT2D eigenvalue weighted by Gasteiger charge is -2.03. The summed E-state index contributed by atoms with van der Waals surface area (Å²) < 4.78 is 9.85. The van der Waals surface area contributed by atoms with Crippen molar-refractivity contribution >= 4 is 24.2 Å². The minimum absolute atomic E-state index is 0.116. The van der Waals surface area contributed by atoms with Crippen molar-refractivity contribution in [1.82, 2.24) is 10.4 Å². The van der Waals surface area contributed by atoms with Crippen molar-refractivity contribution < 1.29 is 23.9 Å². The average molecular weight is 310 g/mol. The van der Waals surface area contributed by atoms with Gasteiger partial charge in [-0.3, -0.25) is 0 Å². The summed E-state index contributed by atoms with van der Waals surface area (Å²) in [4.78, 5) is 37.2. The number of carbonyl (C=O) groups is 3. The fourth-order valence-electron chi connectivity index (χ4n) is 1.75. The molecule has 9 heteroatoms. The van der Waals surface area contributed by atoms with E-state index in [4.69, 9.17) is 15.2 Å². The summed E-state index contributed by atoms with van der Waals surface area (Å²) in [5.41, 5.74) is 7.71. The van der Waals surface area contributed by atoms with Gasteiger partial charge in [0, 0.05) is 0 Å². The van der Waals surface area contributed by atoms with Gasteiger partial charge in [-0.15, -0.1) is 0 Å². The van der Waals surface area contributed by atoms with E-state index in [2.05, 4.69) is 10.1 Å². The number of primary amides is 1. The van der Waals surface area contributed by atoms with Crippen LogP contribution in [0.15, 0.2) is 5.10 Å². The number of amides is 2. The second-order valence-corrected chi connectivity index (χ2v) is 4.09. The average Bonchev–Trinajstić information content (AvgIpc) is 2.76. The number of carbonyl (C=O) groups excluding carboxylic acids is 3. The zero-order chi connectivity index (χ0) is 16.7. The molecule has 0 fully saturated rings. The van der Waals surface area contributed by atoms with Crippen LogP contribution in [0.5, 0.6) is 0 Å². The van der Waals surface area contributed by atoms with E-state index >= 15 is 0 Å². The number of urea groups is 1. The SMILES string of the molecule is CCOC(=O)c1[nH]c(/C=N/NC(N)=O)c(C(=O)OCC)c1C. The van der Waals surface area contributed by atoms with Crippen molar-refractivity contribution in [2.24, 2.45) is 10.8 Å². The van der Waals surface area contributed by atoms with Gasteiger partial charge in [0.25, 0.3) is 0 Å². The number of esters is 2. The number of hydrazone groups is 1. The third kappa shape index (κ3) is 4.08. The fraction of sp³-hybridized carbons (Fsp3) is 0.385. The van der Waals surface area contributed by atoms with Crippen molar-refractivity contribution in [2.75, 3.05) is 13.2 Å². The Morgan fingerprint density at radius 3 is 2.36 bits per heavy atom. The molecule has 0 aliphatic heterocycles.